The molecule has 0 amide bonds. The van der Waals surface area contributed by atoms with Crippen LogP contribution in [0, 0.1) is 0 Å². The SMILES string of the molecule is NC1=CNC(Cl)=C(N)N1C1CC(O)C(CO)O1. The first-order chi connectivity index (χ1) is 8.04. The smallest absolute Gasteiger partial charge is 0.147 e. The van der Waals surface area contributed by atoms with Crippen molar-refractivity contribution >= 4 is 11.6 Å². The number of nitrogens with one attached hydrogen (secondary N) is 1. The molecule has 0 aromatic rings. The first kappa shape index (κ1) is 12.3. The normalized spacial score (nSPS) is 33.7. The molecule has 0 aromatic heterocycles. The molecule has 0 aliphatic carbocycles. The fourth-order valence-electron chi connectivity index (χ4n) is 1.88. The molecule has 7 nitrogen and oxygen atoms in total. The first-order valence-corrected chi connectivity index (χ1v) is 5.53. The summed E-state index contributed by atoms with van der Waals surface area (Å²) in [5, 5.41) is 21.6. The second-order valence-corrected chi connectivity index (χ2v) is 4.28. The fraction of sp³-hybridized carbons (Fsp3) is 0.556. The van der Waals surface area contributed by atoms with Crippen molar-refractivity contribution in [3.8, 4) is 0 Å². The summed E-state index contributed by atoms with van der Waals surface area (Å²) in [6, 6.07) is 0. The van der Waals surface area contributed by atoms with Gasteiger partial charge in [-0.25, -0.2) is 0 Å². The van der Waals surface area contributed by atoms with Crippen LogP contribution in [0.15, 0.2) is 23.0 Å². The van der Waals surface area contributed by atoms with Gasteiger partial charge in [0.2, 0.25) is 0 Å². The number of aliphatic hydroxyl groups excluding tert-OH is 2. The molecule has 3 atom stereocenters. The Morgan fingerprint density at radius 1 is 1.59 bits per heavy atom. The van der Waals surface area contributed by atoms with Crippen molar-refractivity contribution in [1.82, 2.24) is 10.2 Å². The lowest BCUT2D eigenvalue weighted by atomic mass is 10.2. The molecule has 1 fully saturated rings. The van der Waals surface area contributed by atoms with Gasteiger partial charge in [0, 0.05) is 12.6 Å². The number of hydrogen-bond donors (Lipinski definition) is 5. The van der Waals surface area contributed by atoms with Crippen LogP contribution in [0.5, 0.6) is 0 Å². The van der Waals surface area contributed by atoms with Crippen LogP contribution in [-0.2, 0) is 4.74 Å². The molecule has 2 aliphatic heterocycles. The highest BCUT2D eigenvalue weighted by molar-refractivity contribution is 6.29. The van der Waals surface area contributed by atoms with Gasteiger partial charge in [0.15, 0.2) is 0 Å². The number of aliphatic hydroxyl groups is 2. The minimum absolute atomic E-state index is 0.224. The maximum atomic E-state index is 9.65. The molecule has 0 radical (unpaired) electrons. The van der Waals surface area contributed by atoms with Crippen LogP contribution in [0.1, 0.15) is 6.42 Å². The van der Waals surface area contributed by atoms with E-state index in [1.165, 1.54) is 11.1 Å². The van der Waals surface area contributed by atoms with Gasteiger partial charge in [-0.05, 0) is 0 Å². The number of halogens is 1. The molecule has 0 spiro atoms. The van der Waals surface area contributed by atoms with Crippen LogP contribution >= 0.6 is 11.6 Å². The van der Waals surface area contributed by atoms with E-state index >= 15 is 0 Å². The summed E-state index contributed by atoms with van der Waals surface area (Å²) in [7, 11) is 0. The van der Waals surface area contributed by atoms with Crippen molar-refractivity contribution in [3.63, 3.8) is 0 Å². The van der Waals surface area contributed by atoms with Crippen molar-refractivity contribution in [2.45, 2.75) is 24.9 Å². The Kier molecular flexibility index (Phi) is 3.34. The fourth-order valence-corrected chi connectivity index (χ4v) is 2.03. The molecule has 2 heterocycles. The standard InChI is InChI=1S/C9H15ClN4O3/c10-8-9(12)14(6(11)2-13-8)7-1-4(16)5(3-15)17-7/h2,4-5,7,13,15-16H,1,3,11-12H2. The van der Waals surface area contributed by atoms with E-state index in [1.54, 1.807) is 0 Å². The predicted octanol–water partition coefficient (Wildman–Crippen LogP) is -1.56. The van der Waals surface area contributed by atoms with Crippen LogP contribution in [-0.4, -0.2) is 40.2 Å². The van der Waals surface area contributed by atoms with E-state index in [-0.39, 0.29) is 17.6 Å². The molecule has 0 saturated carbocycles. The van der Waals surface area contributed by atoms with Crippen LogP contribution < -0.4 is 16.8 Å². The van der Waals surface area contributed by atoms with E-state index in [4.69, 9.17) is 32.9 Å². The maximum Gasteiger partial charge on any atom is 0.147 e. The monoisotopic (exact) mass is 262 g/mol. The van der Waals surface area contributed by atoms with Gasteiger partial charge in [-0.3, -0.25) is 4.90 Å². The van der Waals surface area contributed by atoms with E-state index in [2.05, 4.69) is 5.32 Å². The number of hydrogen-bond acceptors (Lipinski definition) is 7. The zero-order chi connectivity index (χ0) is 12.6. The summed E-state index contributed by atoms with van der Waals surface area (Å²) < 4.78 is 5.46. The number of nitrogens with zero attached hydrogens (tertiary/aromatic N) is 1. The Balaban J connectivity index is 2.17. The molecule has 1 saturated heterocycles. The van der Waals surface area contributed by atoms with Gasteiger partial charge in [-0.2, -0.15) is 0 Å². The zero-order valence-electron chi connectivity index (χ0n) is 9.01. The Hall–Kier alpha value is -1.15. The molecule has 8 heteroatoms. The van der Waals surface area contributed by atoms with Crippen molar-refractivity contribution < 1.29 is 14.9 Å². The lowest BCUT2D eigenvalue weighted by Crippen LogP contribution is -2.44. The summed E-state index contributed by atoms with van der Waals surface area (Å²) in [4.78, 5) is 1.48. The first-order valence-electron chi connectivity index (χ1n) is 5.15. The van der Waals surface area contributed by atoms with Gasteiger partial charge < -0.3 is 31.7 Å². The van der Waals surface area contributed by atoms with Crippen molar-refractivity contribution in [3.05, 3.63) is 23.0 Å². The van der Waals surface area contributed by atoms with E-state index < -0.39 is 18.4 Å². The Bertz CT molecular complexity index is 373. The van der Waals surface area contributed by atoms with E-state index in [9.17, 15) is 5.11 Å². The third kappa shape index (κ3) is 2.14. The summed E-state index contributed by atoms with van der Waals surface area (Å²) in [5.41, 5.74) is 11.6. The summed E-state index contributed by atoms with van der Waals surface area (Å²) in [6.07, 6.45) is -0.131. The largest absolute Gasteiger partial charge is 0.394 e. The second kappa shape index (κ2) is 4.61. The molecular weight excluding hydrogens is 248 g/mol. The number of ether oxygens (including phenoxy) is 1. The van der Waals surface area contributed by atoms with Gasteiger partial charge in [0.05, 0.1) is 12.7 Å². The highest BCUT2D eigenvalue weighted by atomic mass is 35.5. The van der Waals surface area contributed by atoms with E-state index in [1.807, 2.05) is 0 Å². The molecule has 17 heavy (non-hydrogen) atoms. The Labute approximate surface area is 103 Å². The topological polar surface area (TPSA) is 117 Å². The molecule has 3 unspecified atom stereocenters. The lowest BCUT2D eigenvalue weighted by molar-refractivity contribution is -0.0605. The third-order valence-electron chi connectivity index (χ3n) is 2.78. The van der Waals surface area contributed by atoms with Crippen molar-refractivity contribution in [2.75, 3.05) is 6.61 Å². The second-order valence-electron chi connectivity index (χ2n) is 3.90. The molecule has 96 valence electrons. The van der Waals surface area contributed by atoms with E-state index in [0.29, 0.717) is 12.2 Å². The quantitative estimate of drug-likeness (QED) is 0.382. The zero-order valence-corrected chi connectivity index (χ0v) is 9.76. The van der Waals surface area contributed by atoms with Gasteiger partial charge >= 0.3 is 0 Å². The van der Waals surface area contributed by atoms with Crippen LogP contribution in [0.25, 0.3) is 0 Å². The van der Waals surface area contributed by atoms with E-state index in [0.717, 1.165) is 0 Å². The minimum atomic E-state index is -0.751. The maximum absolute atomic E-state index is 9.65. The highest BCUT2D eigenvalue weighted by Crippen LogP contribution is 2.28. The van der Waals surface area contributed by atoms with Crippen LogP contribution in [0.4, 0.5) is 0 Å². The summed E-state index contributed by atoms with van der Waals surface area (Å²) in [6.45, 7) is -0.259. The van der Waals surface area contributed by atoms with Crippen LogP contribution in [0.2, 0.25) is 0 Å². The Morgan fingerprint density at radius 2 is 2.29 bits per heavy atom. The highest BCUT2D eigenvalue weighted by Gasteiger charge is 2.39. The average Bonchev–Trinajstić information content (AvgIpc) is 2.65. The van der Waals surface area contributed by atoms with Gasteiger partial charge in [0.25, 0.3) is 0 Å². The van der Waals surface area contributed by atoms with Gasteiger partial charge in [0.1, 0.15) is 29.1 Å². The summed E-state index contributed by atoms with van der Waals surface area (Å²) >= 11 is 5.85. The van der Waals surface area contributed by atoms with Crippen molar-refractivity contribution in [1.29, 1.82) is 0 Å². The number of rotatable bonds is 2. The molecule has 0 aromatic carbocycles. The van der Waals surface area contributed by atoms with Crippen LogP contribution in [0.3, 0.4) is 0 Å². The average molecular weight is 263 g/mol. The molecule has 0 bridgehead atoms. The molecule has 2 aliphatic rings. The Morgan fingerprint density at radius 3 is 2.88 bits per heavy atom. The predicted molar refractivity (Wildman–Crippen MR) is 60.7 cm³/mol. The number of nitrogens with two attached hydrogens (primary N) is 2. The minimum Gasteiger partial charge on any atom is -0.394 e. The van der Waals surface area contributed by atoms with Gasteiger partial charge in [-0.1, -0.05) is 11.6 Å². The lowest BCUT2D eigenvalue weighted by Gasteiger charge is -2.33. The van der Waals surface area contributed by atoms with Gasteiger partial charge in [-0.15, -0.1) is 0 Å². The van der Waals surface area contributed by atoms with Crippen molar-refractivity contribution in [2.24, 2.45) is 11.5 Å². The molecule has 7 N–H and O–H groups in total. The molecular formula is C9H15ClN4O3. The molecule has 2 rings (SSSR count). The summed E-state index contributed by atoms with van der Waals surface area (Å²) in [5.74, 6) is 0.560. The third-order valence-corrected chi connectivity index (χ3v) is 3.08.